The summed E-state index contributed by atoms with van der Waals surface area (Å²) in [7, 11) is 5.09. The van der Waals surface area contributed by atoms with E-state index < -0.39 is 0 Å². The standard InChI is InChI=1S/C14H22N2O3/c1-15-8-7-14(17)16-9-6-11-10-12(18-2)4-5-13(11)19-3/h4-5,10,15H,6-9H2,1-3H3,(H,16,17). The lowest BCUT2D eigenvalue weighted by Crippen LogP contribution is -2.28. The smallest absolute Gasteiger partial charge is 0.221 e. The van der Waals surface area contributed by atoms with E-state index in [0.29, 0.717) is 25.9 Å². The minimum absolute atomic E-state index is 0.0520. The maximum absolute atomic E-state index is 11.5. The molecule has 0 aliphatic carbocycles. The van der Waals surface area contributed by atoms with Crippen molar-refractivity contribution in [2.75, 3.05) is 34.4 Å². The average Bonchev–Trinajstić information content (AvgIpc) is 2.44. The predicted octanol–water partition coefficient (Wildman–Crippen LogP) is 0.972. The fourth-order valence-corrected chi connectivity index (χ4v) is 1.74. The number of nitrogens with one attached hydrogen (secondary N) is 2. The quantitative estimate of drug-likeness (QED) is 0.736. The molecule has 0 fully saturated rings. The third kappa shape index (κ3) is 5.18. The van der Waals surface area contributed by atoms with Gasteiger partial charge in [-0.05, 0) is 37.2 Å². The van der Waals surface area contributed by atoms with Crippen LogP contribution in [0.3, 0.4) is 0 Å². The number of carbonyl (C=O) groups is 1. The van der Waals surface area contributed by atoms with Crippen molar-refractivity contribution in [3.63, 3.8) is 0 Å². The highest BCUT2D eigenvalue weighted by Crippen LogP contribution is 2.23. The van der Waals surface area contributed by atoms with Crippen LogP contribution in [0.25, 0.3) is 0 Å². The molecule has 0 bridgehead atoms. The molecular formula is C14H22N2O3. The molecule has 5 nitrogen and oxygen atoms in total. The first kappa shape index (κ1) is 15.3. The van der Waals surface area contributed by atoms with E-state index in [1.54, 1.807) is 14.2 Å². The van der Waals surface area contributed by atoms with E-state index in [1.165, 1.54) is 0 Å². The number of amides is 1. The van der Waals surface area contributed by atoms with Crippen LogP contribution in [-0.4, -0.2) is 40.3 Å². The molecule has 2 N–H and O–H groups in total. The summed E-state index contributed by atoms with van der Waals surface area (Å²) >= 11 is 0. The number of rotatable bonds is 8. The lowest BCUT2D eigenvalue weighted by atomic mass is 10.1. The monoisotopic (exact) mass is 266 g/mol. The first-order chi connectivity index (χ1) is 9.21. The number of ether oxygens (including phenoxy) is 2. The van der Waals surface area contributed by atoms with Gasteiger partial charge in [-0.25, -0.2) is 0 Å². The van der Waals surface area contributed by atoms with Crippen molar-refractivity contribution >= 4 is 5.91 Å². The zero-order valence-corrected chi connectivity index (χ0v) is 11.8. The molecule has 0 heterocycles. The number of methoxy groups -OCH3 is 2. The molecule has 0 spiro atoms. The van der Waals surface area contributed by atoms with E-state index in [1.807, 2.05) is 25.2 Å². The van der Waals surface area contributed by atoms with Gasteiger partial charge in [0.05, 0.1) is 14.2 Å². The molecule has 0 aromatic heterocycles. The second kappa shape index (κ2) is 8.37. The van der Waals surface area contributed by atoms with Gasteiger partial charge in [0.1, 0.15) is 11.5 Å². The van der Waals surface area contributed by atoms with Gasteiger partial charge in [-0.15, -0.1) is 0 Å². The molecule has 5 heteroatoms. The summed E-state index contributed by atoms with van der Waals surface area (Å²) in [5.41, 5.74) is 1.02. The number of benzene rings is 1. The van der Waals surface area contributed by atoms with Crippen LogP contribution in [0.1, 0.15) is 12.0 Å². The van der Waals surface area contributed by atoms with Crippen molar-refractivity contribution in [1.29, 1.82) is 0 Å². The van der Waals surface area contributed by atoms with Crippen LogP contribution in [0.4, 0.5) is 0 Å². The van der Waals surface area contributed by atoms with Crippen LogP contribution < -0.4 is 20.1 Å². The summed E-state index contributed by atoms with van der Waals surface area (Å²) < 4.78 is 10.5. The summed E-state index contributed by atoms with van der Waals surface area (Å²) in [4.78, 5) is 11.5. The number of hydrogen-bond donors (Lipinski definition) is 2. The molecule has 0 aliphatic heterocycles. The molecule has 0 saturated carbocycles. The lowest BCUT2D eigenvalue weighted by Gasteiger charge is -2.11. The lowest BCUT2D eigenvalue weighted by molar-refractivity contribution is -0.120. The number of hydrogen-bond acceptors (Lipinski definition) is 4. The van der Waals surface area contributed by atoms with Crippen molar-refractivity contribution in [2.24, 2.45) is 0 Å². The molecule has 106 valence electrons. The van der Waals surface area contributed by atoms with Crippen molar-refractivity contribution in [3.05, 3.63) is 23.8 Å². The molecule has 1 aromatic rings. The Morgan fingerprint density at radius 2 is 2.00 bits per heavy atom. The fraction of sp³-hybridized carbons (Fsp3) is 0.500. The van der Waals surface area contributed by atoms with Crippen molar-refractivity contribution in [2.45, 2.75) is 12.8 Å². The molecule has 0 unspecified atom stereocenters. The third-order valence-electron chi connectivity index (χ3n) is 2.81. The van der Waals surface area contributed by atoms with Gasteiger partial charge in [0.2, 0.25) is 5.91 Å². The maximum atomic E-state index is 11.5. The first-order valence-corrected chi connectivity index (χ1v) is 6.33. The summed E-state index contributed by atoms with van der Waals surface area (Å²) in [5, 5.41) is 5.82. The van der Waals surface area contributed by atoms with E-state index >= 15 is 0 Å². The first-order valence-electron chi connectivity index (χ1n) is 6.33. The van der Waals surface area contributed by atoms with E-state index in [0.717, 1.165) is 17.1 Å². The molecule has 0 aliphatic rings. The Labute approximate surface area is 114 Å². The largest absolute Gasteiger partial charge is 0.497 e. The minimum atomic E-state index is 0.0520. The van der Waals surface area contributed by atoms with Crippen LogP contribution >= 0.6 is 0 Å². The van der Waals surface area contributed by atoms with E-state index in [4.69, 9.17) is 9.47 Å². The van der Waals surface area contributed by atoms with Crippen LogP contribution in [0.5, 0.6) is 11.5 Å². The number of carbonyl (C=O) groups excluding carboxylic acids is 1. The van der Waals surface area contributed by atoms with Gasteiger partial charge in [0, 0.05) is 19.5 Å². The van der Waals surface area contributed by atoms with E-state index in [9.17, 15) is 4.79 Å². The zero-order chi connectivity index (χ0) is 14.1. The maximum Gasteiger partial charge on any atom is 0.221 e. The molecule has 19 heavy (non-hydrogen) atoms. The summed E-state index contributed by atoms with van der Waals surface area (Å²) in [6.45, 7) is 1.28. The third-order valence-corrected chi connectivity index (χ3v) is 2.81. The molecule has 1 rings (SSSR count). The second-order valence-corrected chi connectivity index (χ2v) is 4.13. The molecule has 1 aromatic carbocycles. The van der Waals surface area contributed by atoms with Crippen molar-refractivity contribution < 1.29 is 14.3 Å². The molecule has 0 atom stereocenters. The van der Waals surface area contributed by atoms with Crippen LogP contribution in [0, 0.1) is 0 Å². The molecule has 0 radical (unpaired) electrons. The Morgan fingerprint density at radius 3 is 2.63 bits per heavy atom. The van der Waals surface area contributed by atoms with E-state index in [-0.39, 0.29) is 5.91 Å². The molecular weight excluding hydrogens is 244 g/mol. The van der Waals surface area contributed by atoms with Gasteiger partial charge in [0.15, 0.2) is 0 Å². The van der Waals surface area contributed by atoms with Gasteiger partial charge in [0.25, 0.3) is 0 Å². The highest BCUT2D eigenvalue weighted by Gasteiger charge is 2.06. The SMILES string of the molecule is CNCCC(=O)NCCc1cc(OC)ccc1OC. The molecule has 0 saturated heterocycles. The Bertz CT molecular complexity index is 408. The van der Waals surface area contributed by atoms with Gasteiger partial charge in [-0.1, -0.05) is 0 Å². The predicted molar refractivity (Wildman–Crippen MR) is 74.8 cm³/mol. The average molecular weight is 266 g/mol. The Morgan fingerprint density at radius 1 is 1.21 bits per heavy atom. The van der Waals surface area contributed by atoms with E-state index in [2.05, 4.69) is 10.6 Å². The highest BCUT2D eigenvalue weighted by molar-refractivity contribution is 5.76. The summed E-state index contributed by atoms with van der Waals surface area (Å²) in [5.74, 6) is 1.65. The summed E-state index contributed by atoms with van der Waals surface area (Å²) in [6.07, 6.45) is 1.21. The minimum Gasteiger partial charge on any atom is -0.497 e. The Hall–Kier alpha value is -1.75. The topological polar surface area (TPSA) is 59.6 Å². The fourth-order valence-electron chi connectivity index (χ4n) is 1.74. The summed E-state index contributed by atoms with van der Waals surface area (Å²) in [6, 6.07) is 5.66. The van der Waals surface area contributed by atoms with Gasteiger partial charge in [-0.3, -0.25) is 4.79 Å². The van der Waals surface area contributed by atoms with Crippen LogP contribution in [0.15, 0.2) is 18.2 Å². The van der Waals surface area contributed by atoms with Crippen molar-refractivity contribution in [1.82, 2.24) is 10.6 Å². The van der Waals surface area contributed by atoms with Gasteiger partial charge >= 0.3 is 0 Å². The second-order valence-electron chi connectivity index (χ2n) is 4.13. The van der Waals surface area contributed by atoms with Crippen molar-refractivity contribution in [3.8, 4) is 11.5 Å². The van der Waals surface area contributed by atoms with Crippen LogP contribution in [-0.2, 0) is 11.2 Å². The van der Waals surface area contributed by atoms with Gasteiger partial charge < -0.3 is 20.1 Å². The Balaban J connectivity index is 2.49. The zero-order valence-electron chi connectivity index (χ0n) is 11.8. The normalized spacial score (nSPS) is 10.1. The Kier molecular flexibility index (Phi) is 6.74. The van der Waals surface area contributed by atoms with Gasteiger partial charge in [-0.2, -0.15) is 0 Å². The van der Waals surface area contributed by atoms with Crippen LogP contribution in [0.2, 0.25) is 0 Å². The molecule has 1 amide bonds. The highest BCUT2D eigenvalue weighted by atomic mass is 16.5.